The molecule has 1 saturated heterocycles. The van der Waals surface area contributed by atoms with Crippen LogP contribution in [-0.4, -0.2) is 98.0 Å². The minimum Gasteiger partial charge on any atom is -0.394 e. The highest BCUT2D eigenvalue weighted by molar-refractivity contribution is 4.91. The molecule has 0 bridgehead atoms. The van der Waals surface area contributed by atoms with Crippen molar-refractivity contribution in [2.24, 2.45) is 0 Å². The average molecular weight is 298 g/mol. The number of ether oxygens (including phenoxy) is 2. The zero-order valence-corrected chi connectivity index (χ0v) is 11.0. The Morgan fingerprint density at radius 1 is 1.10 bits per heavy atom. The van der Waals surface area contributed by atoms with Crippen LogP contribution in [0.25, 0.3) is 0 Å². The molecule has 7 atom stereocenters. The van der Waals surface area contributed by atoms with Gasteiger partial charge in [0.25, 0.3) is 0 Å². The molecule has 0 spiro atoms. The van der Waals surface area contributed by atoms with Crippen LogP contribution in [0, 0.1) is 0 Å². The second-order valence-corrected chi connectivity index (χ2v) is 5.02. The molecule has 1 rings (SSSR count). The largest absolute Gasteiger partial charge is 0.394 e. The van der Waals surface area contributed by atoms with Gasteiger partial charge in [0.05, 0.1) is 19.8 Å². The van der Waals surface area contributed by atoms with Gasteiger partial charge < -0.3 is 45.2 Å². The summed E-state index contributed by atoms with van der Waals surface area (Å²) in [6.45, 7) is -0.804. The van der Waals surface area contributed by atoms with Crippen LogP contribution < -0.4 is 0 Å². The van der Waals surface area contributed by atoms with E-state index in [1.165, 1.54) is 6.92 Å². The average Bonchev–Trinajstić information content (AvgIpc) is 2.44. The van der Waals surface area contributed by atoms with Gasteiger partial charge in [-0.3, -0.25) is 0 Å². The first-order valence-electron chi connectivity index (χ1n) is 6.18. The normalized spacial score (nSPS) is 39.3. The summed E-state index contributed by atoms with van der Waals surface area (Å²) in [6, 6.07) is 0. The molecular weight excluding hydrogens is 276 g/mol. The van der Waals surface area contributed by atoms with Crippen molar-refractivity contribution in [3.8, 4) is 0 Å². The maximum Gasteiger partial charge on any atom is 0.187 e. The summed E-state index contributed by atoms with van der Waals surface area (Å²) < 4.78 is 10.2. The fraction of sp³-hybridized carbons (Fsp3) is 1.00. The summed E-state index contributed by atoms with van der Waals surface area (Å²) >= 11 is 0. The first-order chi connectivity index (χ1) is 9.28. The minimum absolute atomic E-state index is 0.620. The highest BCUT2D eigenvalue weighted by atomic mass is 16.7. The van der Waals surface area contributed by atoms with Crippen LogP contribution in [0.1, 0.15) is 6.92 Å². The van der Waals surface area contributed by atoms with E-state index in [1.54, 1.807) is 0 Å². The molecule has 1 aliphatic rings. The quantitative estimate of drug-likeness (QED) is 0.258. The number of hydrogen-bond acceptors (Lipinski definition) is 9. The third kappa shape index (κ3) is 3.64. The summed E-state index contributed by atoms with van der Waals surface area (Å²) in [5.41, 5.74) is -1.80. The van der Waals surface area contributed by atoms with Crippen molar-refractivity contribution in [2.75, 3.05) is 19.8 Å². The van der Waals surface area contributed by atoms with Crippen LogP contribution in [0.5, 0.6) is 0 Å². The number of aliphatic hydroxyl groups excluding tert-OH is 6. The standard InChI is InChI=1S/C11H22O9/c1-11(18,4-14)6(3-13)20-10-9(17)8(16)7(15)5(2-12)19-10/h5-10,12-18H,2-4H2,1H3. The molecular formula is C11H22O9. The SMILES string of the molecule is CC(O)(CO)C(CO)OC1OC(CO)C(O)C(O)C1O. The van der Waals surface area contributed by atoms with Crippen molar-refractivity contribution in [3.63, 3.8) is 0 Å². The number of aliphatic hydroxyl groups is 7. The molecule has 9 heteroatoms. The molecule has 0 saturated carbocycles. The van der Waals surface area contributed by atoms with E-state index >= 15 is 0 Å². The van der Waals surface area contributed by atoms with Crippen molar-refractivity contribution in [1.82, 2.24) is 0 Å². The lowest BCUT2D eigenvalue weighted by Crippen LogP contribution is -2.61. The maximum absolute atomic E-state index is 9.81. The Hall–Kier alpha value is -0.360. The highest BCUT2D eigenvalue weighted by Gasteiger charge is 2.46. The van der Waals surface area contributed by atoms with E-state index in [0.29, 0.717) is 0 Å². The van der Waals surface area contributed by atoms with Gasteiger partial charge in [-0.2, -0.15) is 0 Å². The molecule has 0 aromatic carbocycles. The topological polar surface area (TPSA) is 160 Å². The van der Waals surface area contributed by atoms with E-state index in [2.05, 4.69) is 0 Å². The molecule has 20 heavy (non-hydrogen) atoms. The van der Waals surface area contributed by atoms with Gasteiger partial charge in [0.1, 0.15) is 36.1 Å². The minimum atomic E-state index is -1.80. The molecule has 0 aromatic heterocycles. The Kier molecular flexibility index (Phi) is 6.25. The van der Waals surface area contributed by atoms with Crippen molar-refractivity contribution in [1.29, 1.82) is 0 Å². The van der Waals surface area contributed by atoms with Crippen LogP contribution in [0.3, 0.4) is 0 Å². The number of rotatable bonds is 6. The predicted molar refractivity (Wildman–Crippen MR) is 63.4 cm³/mol. The van der Waals surface area contributed by atoms with Crippen LogP contribution in [-0.2, 0) is 9.47 Å². The highest BCUT2D eigenvalue weighted by Crippen LogP contribution is 2.25. The van der Waals surface area contributed by atoms with Crippen molar-refractivity contribution in [3.05, 3.63) is 0 Å². The Labute approximate surface area is 115 Å². The Bertz CT molecular complexity index is 296. The first kappa shape index (κ1) is 17.7. The molecule has 7 unspecified atom stereocenters. The van der Waals surface area contributed by atoms with Crippen LogP contribution in [0.2, 0.25) is 0 Å². The van der Waals surface area contributed by atoms with E-state index in [0.717, 1.165) is 0 Å². The molecule has 7 N–H and O–H groups in total. The summed E-state index contributed by atoms with van der Waals surface area (Å²) in [5, 5.41) is 65.9. The molecule has 1 heterocycles. The van der Waals surface area contributed by atoms with Crippen molar-refractivity contribution >= 4 is 0 Å². The van der Waals surface area contributed by atoms with Crippen molar-refractivity contribution in [2.45, 2.75) is 49.3 Å². The predicted octanol–water partition coefficient (Wildman–Crippen LogP) is -4.09. The number of hydrogen-bond donors (Lipinski definition) is 7. The maximum atomic E-state index is 9.81. The van der Waals surface area contributed by atoms with E-state index in [1.807, 2.05) is 0 Å². The summed E-state index contributed by atoms with van der Waals surface area (Å²) in [7, 11) is 0. The van der Waals surface area contributed by atoms with E-state index in [9.17, 15) is 20.4 Å². The van der Waals surface area contributed by atoms with Gasteiger partial charge in [-0.25, -0.2) is 0 Å². The molecule has 0 aromatic rings. The summed E-state index contributed by atoms with van der Waals surface area (Å²) in [4.78, 5) is 0. The van der Waals surface area contributed by atoms with Gasteiger partial charge in [-0.1, -0.05) is 0 Å². The zero-order chi connectivity index (χ0) is 15.5. The Morgan fingerprint density at radius 2 is 1.70 bits per heavy atom. The molecule has 0 aliphatic carbocycles. The lowest BCUT2D eigenvalue weighted by Gasteiger charge is -2.42. The monoisotopic (exact) mass is 298 g/mol. The molecule has 1 fully saturated rings. The third-order valence-corrected chi connectivity index (χ3v) is 3.33. The van der Waals surface area contributed by atoms with Crippen LogP contribution >= 0.6 is 0 Å². The van der Waals surface area contributed by atoms with E-state index < -0.39 is 62.2 Å². The van der Waals surface area contributed by atoms with E-state index in [-0.39, 0.29) is 0 Å². The van der Waals surface area contributed by atoms with E-state index in [4.69, 9.17) is 24.8 Å². The molecule has 0 radical (unpaired) electrons. The molecule has 1 aliphatic heterocycles. The molecule has 0 amide bonds. The fourth-order valence-corrected chi connectivity index (χ4v) is 1.83. The van der Waals surface area contributed by atoms with Crippen molar-refractivity contribution < 1.29 is 45.2 Å². The first-order valence-corrected chi connectivity index (χ1v) is 6.18. The van der Waals surface area contributed by atoms with Gasteiger partial charge >= 0.3 is 0 Å². The Morgan fingerprint density at radius 3 is 2.15 bits per heavy atom. The van der Waals surface area contributed by atoms with Gasteiger partial charge in [0.2, 0.25) is 0 Å². The fourth-order valence-electron chi connectivity index (χ4n) is 1.83. The lowest BCUT2D eigenvalue weighted by molar-refractivity contribution is -0.326. The van der Waals surface area contributed by atoms with Gasteiger partial charge in [-0.05, 0) is 6.92 Å². The third-order valence-electron chi connectivity index (χ3n) is 3.33. The van der Waals surface area contributed by atoms with Crippen LogP contribution in [0.15, 0.2) is 0 Å². The lowest BCUT2D eigenvalue weighted by atomic mass is 9.98. The Balaban J connectivity index is 2.79. The van der Waals surface area contributed by atoms with Crippen LogP contribution in [0.4, 0.5) is 0 Å². The van der Waals surface area contributed by atoms with Gasteiger partial charge in [-0.15, -0.1) is 0 Å². The van der Waals surface area contributed by atoms with Gasteiger partial charge in [0, 0.05) is 0 Å². The molecule has 120 valence electrons. The van der Waals surface area contributed by atoms with Gasteiger partial charge in [0.15, 0.2) is 6.29 Å². The smallest absolute Gasteiger partial charge is 0.187 e. The molecule has 9 nitrogen and oxygen atoms in total. The zero-order valence-electron chi connectivity index (χ0n) is 11.0. The summed E-state index contributed by atoms with van der Waals surface area (Å²) in [6.07, 6.45) is -8.73. The second-order valence-electron chi connectivity index (χ2n) is 5.02. The second kappa shape index (κ2) is 7.07. The summed E-state index contributed by atoms with van der Waals surface area (Å²) in [5.74, 6) is 0.